The lowest BCUT2D eigenvalue weighted by atomic mass is 10.0. The van der Waals surface area contributed by atoms with Crippen LogP contribution in [0.15, 0.2) is 24.3 Å². The van der Waals surface area contributed by atoms with E-state index in [-0.39, 0.29) is 0 Å². The van der Waals surface area contributed by atoms with Crippen LogP contribution in [-0.4, -0.2) is 51.0 Å². The second-order valence-corrected chi connectivity index (χ2v) is 7.42. The smallest absolute Gasteiger partial charge is 0.152 e. The van der Waals surface area contributed by atoms with Crippen molar-refractivity contribution in [3.8, 4) is 0 Å². The highest BCUT2D eigenvalue weighted by atomic mass is 32.2. The Bertz CT molecular complexity index is 528. The van der Waals surface area contributed by atoms with Crippen molar-refractivity contribution in [2.24, 2.45) is 0 Å². The summed E-state index contributed by atoms with van der Waals surface area (Å²) in [4.78, 5) is 2.27. The summed E-state index contributed by atoms with van der Waals surface area (Å²) >= 11 is 0. The van der Waals surface area contributed by atoms with E-state index in [0.717, 1.165) is 13.1 Å². The van der Waals surface area contributed by atoms with Gasteiger partial charge in [0.05, 0.1) is 11.5 Å². The minimum atomic E-state index is -2.77. The van der Waals surface area contributed by atoms with Crippen LogP contribution >= 0.6 is 0 Å². The van der Waals surface area contributed by atoms with Gasteiger partial charge in [-0.2, -0.15) is 0 Å². The molecule has 0 aliphatic carbocycles. The molecule has 3 rings (SSSR count). The first-order chi connectivity index (χ1) is 8.64. The van der Waals surface area contributed by atoms with Gasteiger partial charge >= 0.3 is 0 Å². The van der Waals surface area contributed by atoms with E-state index in [1.54, 1.807) is 0 Å². The van der Waals surface area contributed by atoms with Crippen LogP contribution in [-0.2, 0) is 9.84 Å². The summed E-state index contributed by atoms with van der Waals surface area (Å²) in [6.45, 7) is 3.28. The van der Waals surface area contributed by atoms with Gasteiger partial charge in [0.25, 0.3) is 0 Å². The monoisotopic (exact) mass is 266 g/mol. The Morgan fingerprint density at radius 1 is 1.22 bits per heavy atom. The number of nitrogens with one attached hydrogen (secondary N) is 1. The van der Waals surface area contributed by atoms with E-state index in [1.165, 1.54) is 11.3 Å². The number of anilines is 1. The molecular formula is C13H18N2O2S. The van der Waals surface area contributed by atoms with Gasteiger partial charge in [-0.1, -0.05) is 18.2 Å². The molecule has 1 unspecified atom stereocenters. The highest BCUT2D eigenvalue weighted by molar-refractivity contribution is 7.91. The number of sulfone groups is 1. The van der Waals surface area contributed by atoms with Crippen molar-refractivity contribution in [2.75, 3.05) is 43.0 Å². The summed E-state index contributed by atoms with van der Waals surface area (Å²) < 4.78 is 22.8. The third-order valence-corrected chi connectivity index (χ3v) is 5.46. The fourth-order valence-electron chi connectivity index (χ4n) is 2.76. The summed E-state index contributed by atoms with van der Waals surface area (Å²) in [6, 6.07) is 8.39. The van der Waals surface area contributed by atoms with Gasteiger partial charge in [0.1, 0.15) is 0 Å². The maximum absolute atomic E-state index is 11.4. The van der Waals surface area contributed by atoms with Gasteiger partial charge in [0, 0.05) is 37.8 Å². The second kappa shape index (κ2) is 4.55. The number of fused-ring (bicyclic) bond motifs is 1. The van der Waals surface area contributed by atoms with Gasteiger partial charge < -0.3 is 10.2 Å². The molecule has 1 saturated heterocycles. The van der Waals surface area contributed by atoms with Crippen molar-refractivity contribution in [1.82, 2.24) is 4.90 Å². The van der Waals surface area contributed by atoms with E-state index in [2.05, 4.69) is 28.4 Å². The Hall–Kier alpha value is -1.07. The van der Waals surface area contributed by atoms with E-state index in [4.69, 9.17) is 0 Å². The van der Waals surface area contributed by atoms with Crippen LogP contribution in [0.5, 0.6) is 0 Å². The molecule has 2 aliphatic heterocycles. The fourth-order valence-corrected chi connectivity index (χ4v) is 4.04. The Morgan fingerprint density at radius 3 is 2.72 bits per heavy atom. The van der Waals surface area contributed by atoms with Crippen molar-refractivity contribution in [3.63, 3.8) is 0 Å². The third kappa shape index (κ3) is 2.37. The topological polar surface area (TPSA) is 49.4 Å². The normalized spacial score (nSPS) is 26.6. The Morgan fingerprint density at radius 2 is 1.94 bits per heavy atom. The van der Waals surface area contributed by atoms with Gasteiger partial charge in [-0.3, -0.25) is 0 Å². The maximum atomic E-state index is 11.4. The van der Waals surface area contributed by atoms with Crippen LogP contribution in [0.25, 0.3) is 0 Å². The largest absolute Gasteiger partial charge is 0.384 e. The second-order valence-electron chi connectivity index (χ2n) is 5.12. The van der Waals surface area contributed by atoms with E-state index < -0.39 is 9.84 Å². The highest BCUT2D eigenvalue weighted by Gasteiger charge is 2.27. The van der Waals surface area contributed by atoms with Crippen LogP contribution in [0.1, 0.15) is 11.5 Å². The van der Waals surface area contributed by atoms with Gasteiger partial charge in [-0.15, -0.1) is 0 Å². The first-order valence-corrected chi connectivity index (χ1v) is 8.22. The number of hydrogen-bond acceptors (Lipinski definition) is 4. The molecule has 0 bridgehead atoms. The lowest BCUT2D eigenvalue weighted by molar-refractivity contribution is 0.281. The first kappa shape index (κ1) is 12.0. The summed E-state index contributed by atoms with van der Waals surface area (Å²) in [5.74, 6) is 1.12. The number of benzene rings is 1. The minimum Gasteiger partial charge on any atom is -0.384 e. The molecule has 0 aromatic heterocycles. The molecule has 1 fully saturated rings. The zero-order valence-electron chi connectivity index (χ0n) is 10.3. The number of para-hydroxylation sites is 1. The predicted molar refractivity (Wildman–Crippen MR) is 72.8 cm³/mol. The molecule has 0 radical (unpaired) electrons. The molecule has 2 heterocycles. The SMILES string of the molecule is O=S1(=O)CCN(CC2CNc3ccccc32)CC1. The van der Waals surface area contributed by atoms with Crippen LogP contribution < -0.4 is 5.32 Å². The molecule has 1 N–H and O–H groups in total. The molecule has 1 atom stereocenters. The summed E-state index contributed by atoms with van der Waals surface area (Å²) in [5, 5.41) is 3.41. The average molecular weight is 266 g/mol. The summed E-state index contributed by atoms with van der Waals surface area (Å²) in [7, 11) is -2.77. The zero-order chi connectivity index (χ0) is 12.6. The molecule has 4 nitrogen and oxygen atoms in total. The van der Waals surface area contributed by atoms with E-state index in [0.29, 0.717) is 30.5 Å². The van der Waals surface area contributed by atoms with E-state index in [1.807, 2.05) is 6.07 Å². The number of hydrogen-bond donors (Lipinski definition) is 1. The van der Waals surface area contributed by atoms with Crippen molar-refractivity contribution < 1.29 is 8.42 Å². The molecule has 1 aromatic carbocycles. The van der Waals surface area contributed by atoms with Gasteiger partial charge in [-0.25, -0.2) is 8.42 Å². The first-order valence-electron chi connectivity index (χ1n) is 6.40. The average Bonchev–Trinajstić information content (AvgIpc) is 2.76. The fraction of sp³-hybridized carbons (Fsp3) is 0.538. The quantitative estimate of drug-likeness (QED) is 0.865. The molecular weight excluding hydrogens is 248 g/mol. The molecule has 0 amide bonds. The van der Waals surface area contributed by atoms with Crippen LogP contribution in [0.3, 0.4) is 0 Å². The van der Waals surface area contributed by atoms with Crippen molar-refractivity contribution in [2.45, 2.75) is 5.92 Å². The number of nitrogens with zero attached hydrogens (tertiary/aromatic N) is 1. The maximum Gasteiger partial charge on any atom is 0.152 e. The summed E-state index contributed by atoms with van der Waals surface area (Å²) in [5.41, 5.74) is 2.60. The van der Waals surface area contributed by atoms with Gasteiger partial charge in [-0.05, 0) is 11.6 Å². The number of rotatable bonds is 2. The van der Waals surface area contributed by atoms with Crippen molar-refractivity contribution in [1.29, 1.82) is 0 Å². The van der Waals surface area contributed by atoms with E-state index >= 15 is 0 Å². The van der Waals surface area contributed by atoms with Crippen LogP contribution in [0, 0.1) is 0 Å². The molecule has 1 aromatic rings. The Labute approximate surface area is 108 Å². The summed E-state index contributed by atoms with van der Waals surface area (Å²) in [6.07, 6.45) is 0. The minimum absolute atomic E-state index is 0.314. The van der Waals surface area contributed by atoms with Gasteiger partial charge in [0.2, 0.25) is 0 Å². The molecule has 0 spiro atoms. The Kier molecular flexibility index (Phi) is 3.03. The molecule has 0 saturated carbocycles. The molecule has 98 valence electrons. The van der Waals surface area contributed by atoms with Crippen molar-refractivity contribution >= 4 is 15.5 Å². The highest BCUT2D eigenvalue weighted by Crippen LogP contribution is 2.31. The standard InChI is InChI=1S/C13H18N2O2S/c16-18(17)7-5-15(6-8-18)10-11-9-14-13-4-2-1-3-12(11)13/h1-4,11,14H,5-10H2. The molecule has 2 aliphatic rings. The third-order valence-electron chi connectivity index (χ3n) is 3.86. The predicted octanol–water partition coefficient (Wildman–Crippen LogP) is 0.926. The Balaban J connectivity index is 1.65. The lowest BCUT2D eigenvalue weighted by Crippen LogP contribution is -2.42. The lowest BCUT2D eigenvalue weighted by Gasteiger charge is -2.28. The molecule has 18 heavy (non-hydrogen) atoms. The van der Waals surface area contributed by atoms with E-state index in [9.17, 15) is 8.42 Å². The zero-order valence-corrected chi connectivity index (χ0v) is 11.1. The van der Waals surface area contributed by atoms with Crippen LogP contribution in [0.2, 0.25) is 0 Å². The van der Waals surface area contributed by atoms with Crippen LogP contribution in [0.4, 0.5) is 5.69 Å². The van der Waals surface area contributed by atoms with Gasteiger partial charge in [0.15, 0.2) is 9.84 Å². The van der Waals surface area contributed by atoms with Crippen molar-refractivity contribution in [3.05, 3.63) is 29.8 Å². The molecule has 5 heteroatoms.